The van der Waals surface area contributed by atoms with Crippen LogP contribution in [0.15, 0.2) is 0 Å². The predicted octanol–water partition coefficient (Wildman–Crippen LogP) is 5.88. The molecular formula is C26H44O4. The van der Waals surface area contributed by atoms with Gasteiger partial charge in [-0.2, -0.15) is 0 Å². The molecule has 0 heterocycles. The van der Waals surface area contributed by atoms with Crippen molar-refractivity contribution in [1.29, 1.82) is 0 Å². The number of hydrogen-bond acceptors (Lipinski definition) is 4. The van der Waals surface area contributed by atoms with Crippen LogP contribution in [0, 0.1) is 53.3 Å². The minimum absolute atomic E-state index is 0.00441. The highest BCUT2D eigenvalue weighted by atomic mass is 16.6. The SMILES string of the molecule is CC(C)[C@@H]1CC[C@@H](C)C[C@H]1OC(=O)[C@H]1C(C)[C@@H]1C(=O)O[C@@H]1C[C@H](C)CC[C@H]1C(C)C. The lowest BCUT2D eigenvalue weighted by Crippen LogP contribution is -2.37. The Bertz CT molecular complexity index is 560. The van der Waals surface area contributed by atoms with Crippen LogP contribution >= 0.6 is 0 Å². The Morgan fingerprint density at radius 3 is 1.37 bits per heavy atom. The summed E-state index contributed by atoms with van der Waals surface area (Å²) in [6.07, 6.45) is 6.55. The van der Waals surface area contributed by atoms with Gasteiger partial charge in [-0.05, 0) is 67.1 Å². The van der Waals surface area contributed by atoms with Gasteiger partial charge in [-0.15, -0.1) is 0 Å². The molecule has 0 aromatic heterocycles. The van der Waals surface area contributed by atoms with Gasteiger partial charge in [0.25, 0.3) is 0 Å². The molecule has 0 saturated heterocycles. The lowest BCUT2D eigenvalue weighted by atomic mass is 9.75. The van der Waals surface area contributed by atoms with E-state index < -0.39 is 0 Å². The zero-order valence-corrected chi connectivity index (χ0v) is 20.2. The van der Waals surface area contributed by atoms with Gasteiger partial charge in [0.2, 0.25) is 0 Å². The number of rotatable bonds is 6. The van der Waals surface area contributed by atoms with Crippen molar-refractivity contribution in [2.45, 2.75) is 99.2 Å². The summed E-state index contributed by atoms with van der Waals surface area (Å²) in [5.41, 5.74) is 0. The second-order valence-electron chi connectivity index (χ2n) is 11.5. The number of esters is 2. The molecule has 0 radical (unpaired) electrons. The van der Waals surface area contributed by atoms with Crippen molar-refractivity contribution in [2.75, 3.05) is 0 Å². The third kappa shape index (κ3) is 5.22. The van der Waals surface area contributed by atoms with Crippen LogP contribution in [0.5, 0.6) is 0 Å². The quantitative estimate of drug-likeness (QED) is 0.504. The van der Waals surface area contributed by atoms with Gasteiger partial charge in [-0.3, -0.25) is 9.59 Å². The molecule has 3 aliphatic carbocycles. The van der Waals surface area contributed by atoms with Crippen LogP contribution in [-0.4, -0.2) is 24.1 Å². The maximum atomic E-state index is 13.0. The third-order valence-corrected chi connectivity index (χ3v) is 8.38. The van der Waals surface area contributed by atoms with E-state index >= 15 is 0 Å². The van der Waals surface area contributed by atoms with Crippen LogP contribution in [0.25, 0.3) is 0 Å². The highest BCUT2D eigenvalue weighted by Crippen LogP contribution is 2.49. The Labute approximate surface area is 183 Å². The predicted molar refractivity (Wildman–Crippen MR) is 119 cm³/mol. The summed E-state index contributed by atoms with van der Waals surface area (Å²) >= 11 is 0. The van der Waals surface area contributed by atoms with E-state index in [1.807, 2.05) is 6.92 Å². The topological polar surface area (TPSA) is 52.6 Å². The highest BCUT2D eigenvalue weighted by molar-refractivity contribution is 5.88. The summed E-state index contributed by atoms with van der Waals surface area (Å²) in [4.78, 5) is 25.9. The average Bonchev–Trinajstić information content (AvgIpc) is 3.32. The summed E-state index contributed by atoms with van der Waals surface area (Å²) in [5, 5.41) is 0. The lowest BCUT2D eigenvalue weighted by Gasteiger charge is -2.37. The Hall–Kier alpha value is -1.06. The molecular weight excluding hydrogens is 376 g/mol. The van der Waals surface area contributed by atoms with E-state index in [1.54, 1.807) is 0 Å². The maximum absolute atomic E-state index is 13.0. The first-order valence-electron chi connectivity index (χ1n) is 12.5. The first-order valence-corrected chi connectivity index (χ1v) is 12.5. The summed E-state index contributed by atoms with van der Waals surface area (Å²) in [6, 6.07) is 0. The first kappa shape index (κ1) is 23.6. The molecule has 172 valence electrons. The molecule has 0 spiro atoms. The van der Waals surface area contributed by atoms with Crippen LogP contribution < -0.4 is 0 Å². The third-order valence-electron chi connectivity index (χ3n) is 8.38. The van der Waals surface area contributed by atoms with E-state index in [9.17, 15) is 9.59 Å². The van der Waals surface area contributed by atoms with Gasteiger partial charge in [-0.1, -0.05) is 61.3 Å². The van der Waals surface area contributed by atoms with E-state index in [1.165, 1.54) is 12.8 Å². The van der Waals surface area contributed by atoms with Crippen molar-refractivity contribution in [1.82, 2.24) is 0 Å². The summed E-state index contributed by atoms with van der Waals surface area (Å²) < 4.78 is 12.1. The van der Waals surface area contributed by atoms with Crippen molar-refractivity contribution in [3.05, 3.63) is 0 Å². The van der Waals surface area contributed by atoms with Gasteiger partial charge in [0, 0.05) is 0 Å². The molecule has 0 aromatic rings. The van der Waals surface area contributed by atoms with E-state index in [4.69, 9.17) is 9.47 Å². The largest absolute Gasteiger partial charge is 0.462 e. The number of hydrogen-bond donors (Lipinski definition) is 0. The number of carbonyl (C=O) groups excluding carboxylic acids is 2. The average molecular weight is 421 g/mol. The van der Waals surface area contributed by atoms with Crippen LogP contribution in [0.1, 0.15) is 87.0 Å². The van der Waals surface area contributed by atoms with Crippen molar-refractivity contribution in [3.63, 3.8) is 0 Å². The van der Waals surface area contributed by atoms with Crippen molar-refractivity contribution in [3.8, 4) is 0 Å². The molecule has 3 fully saturated rings. The molecule has 3 rings (SSSR count). The monoisotopic (exact) mass is 420 g/mol. The van der Waals surface area contributed by atoms with Gasteiger partial charge >= 0.3 is 11.9 Å². The van der Waals surface area contributed by atoms with Crippen molar-refractivity contribution < 1.29 is 19.1 Å². The van der Waals surface area contributed by atoms with E-state index in [0.29, 0.717) is 35.5 Å². The maximum Gasteiger partial charge on any atom is 0.310 e. The van der Waals surface area contributed by atoms with Gasteiger partial charge < -0.3 is 9.47 Å². The second kappa shape index (κ2) is 9.61. The minimum Gasteiger partial charge on any atom is -0.462 e. The molecule has 0 N–H and O–H groups in total. The van der Waals surface area contributed by atoms with Crippen molar-refractivity contribution >= 4 is 11.9 Å². The lowest BCUT2D eigenvalue weighted by molar-refractivity contribution is -0.164. The van der Waals surface area contributed by atoms with Crippen LogP contribution in [0.4, 0.5) is 0 Å². The first-order chi connectivity index (χ1) is 14.1. The van der Waals surface area contributed by atoms with Gasteiger partial charge in [0.1, 0.15) is 12.2 Å². The fourth-order valence-electron chi connectivity index (χ4n) is 6.14. The van der Waals surface area contributed by atoms with Crippen molar-refractivity contribution in [2.24, 2.45) is 53.3 Å². The van der Waals surface area contributed by atoms with Gasteiger partial charge in [-0.25, -0.2) is 0 Å². The van der Waals surface area contributed by atoms with Crippen LogP contribution in [0.2, 0.25) is 0 Å². The smallest absolute Gasteiger partial charge is 0.310 e. The fraction of sp³-hybridized carbons (Fsp3) is 0.923. The Morgan fingerprint density at radius 2 is 1.03 bits per heavy atom. The normalized spacial score (nSPS) is 41.6. The Kier molecular flexibility index (Phi) is 7.56. The molecule has 3 aliphatic rings. The molecule has 0 bridgehead atoms. The minimum atomic E-state index is -0.318. The zero-order valence-electron chi connectivity index (χ0n) is 20.2. The fourth-order valence-corrected chi connectivity index (χ4v) is 6.14. The summed E-state index contributed by atoms with van der Waals surface area (Å²) in [5.74, 6) is 2.11. The van der Waals surface area contributed by atoms with Gasteiger partial charge in [0.05, 0.1) is 11.8 Å². The van der Waals surface area contributed by atoms with Crippen LogP contribution in [0.3, 0.4) is 0 Å². The zero-order chi connectivity index (χ0) is 22.2. The molecule has 3 saturated carbocycles. The Morgan fingerprint density at radius 1 is 0.667 bits per heavy atom. The van der Waals surface area contributed by atoms with Gasteiger partial charge in [0.15, 0.2) is 0 Å². The molecule has 30 heavy (non-hydrogen) atoms. The summed E-state index contributed by atoms with van der Waals surface area (Å²) in [7, 11) is 0. The van der Waals surface area contributed by atoms with E-state index in [2.05, 4.69) is 41.5 Å². The molecule has 0 aliphatic heterocycles. The number of ether oxygens (including phenoxy) is 2. The Balaban J connectivity index is 1.58. The standard InChI is InChI=1S/C26H44O4/c1-14(2)19-10-8-16(5)12-21(19)29-25(27)23-18(7)24(23)26(28)30-22-13-17(6)9-11-20(22)15(3)4/h14-24H,8-13H2,1-7H3/t16-,17-,19+,20+,21-,22-,23+,24+/m1/s1. The number of carbonyl (C=O) groups is 2. The molecule has 4 nitrogen and oxygen atoms in total. The molecule has 0 unspecified atom stereocenters. The van der Waals surface area contributed by atoms with Crippen LogP contribution in [-0.2, 0) is 19.1 Å². The van der Waals surface area contributed by atoms with E-state index in [-0.39, 0.29) is 41.9 Å². The highest BCUT2D eigenvalue weighted by Gasteiger charge is 2.59. The molecule has 4 heteroatoms. The summed E-state index contributed by atoms with van der Waals surface area (Å²) in [6.45, 7) is 15.4. The second-order valence-corrected chi connectivity index (χ2v) is 11.5. The molecule has 0 aromatic carbocycles. The molecule has 0 amide bonds. The molecule has 8 atom stereocenters. The van der Waals surface area contributed by atoms with E-state index in [0.717, 1.165) is 25.7 Å².